The van der Waals surface area contributed by atoms with E-state index in [1.54, 1.807) is 0 Å². The monoisotopic (exact) mass is 246 g/mol. The average Bonchev–Trinajstić information content (AvgIpc) is 2.40. The van der Waals surface area contributed by atoms with Gasteiger partial charge >= 0.3 is 0 Å². The Morgan fingerprint density at radius 1 is 1.39 bits per heavy atom. The first-order chi connectivity index (χ1) is 8.74. The first kappa shape index (κ1) is 12.9. The number of likely N-dealkylation sites (tertiary alicyclic amines) is 1. The van der Waals surface area contributed by atoms with Crippen LogP contribution < -0.4 is 5.32 Å². The van der Waals surface area contributed by atoms with Crippen LogP contribution in [0.2, 0.25) is 0 Å². The fourth-order valence-corrected chi connectivity index (χ4v) is 2.57. The van der Waals surface area contributed by atoms with E-state index < -0.39 is 0 Å². The molecule has 1 N–H and O–H groups in total. The topological polar surface area (TPSA) is 32.3 Å². The Kier molecular flexibility index (Phi) is 4.24. The van der Waals surface area contributed by atoms with E-state index in [-0.39, 0.29) is 5.91 Å². The molecule has 1 unspecified atom stereocenters. The number of hydrogen-bond acceptors (Lipinski definition) is 2. The zero-order valence-electron chi connectivity index (χ0n) is 11.3. The molecule has 3 nitrogen and oxygen atoms in total. The summed E-state index contributed by atoms with van der Waals surface area (Å²) in [6, 6.07) is 8.16. The van der Waals surface area contributed by atoms with E-state index in [1.165, 1.54) is 6.42 Å². The van der Waals surface area contributed by atoms with Crippen molar-refractivity contribution in [2.45, 2.75) is 39.2 Å². The summed E-state index contributed by atoms with van der Waals surface area (Å²) >= 11 is 0. The molecule has 98 valence electrons. The van der Waals surface area contributed by atoms with Crippen LogP contribution in [0.1, 0.15) is 43.5 Å². The van der Waals surface area contributed by atoms with E-state index in [1.807, 2.05) is 36.1 Å². The minimum Gasteiger partial charge on any atom is -0.385 e. The molecule has 1 aliphatic rings. The van der Waals surface area contributed by atoms with Crippen molar-refractivity contribution in [3.05, 3.63) is 29.8 Å². The molecule has 0 spiro atoms. The molecule has 0 aliphatic carbocycles. The van der Waals surface area contributed by atoms with Crippen molar-refractivity contribution >= 4 is 11.6 Å². The van der Waals surface area contributed by atoms with Crippen LogP contribution in [0.15, 0.2) is 24.3 Å². The van der Waals surface area contributed by atoms with Gasteiger partial charge in [-0.2, -0.15) is 0 Å². The van der Waals surface area contributed by atoms with Crippen LogP contribution in [0.3, 0.4) is 0 Å². The maximum atomic E-state index is 12.6. The Bertz CT molecular complexity index is 417. The van der Waals surface area contributed by atoms with Crippen LogP contribution in [0.5, 0.6) is 0 Å². The average molecular weight is 246 g/mol. The van der Waals surface area contributed by atoms with Crippen molar-refractivity contribution in [1.29, 1.82) is 0 Å². The van der Waals surface area contributed by atoms with Crippen molar-refractivity contribution in [3.63, 3.8) is 0 Å². The molecule has 1 aliphatic heterocycles. The number of piperidine rings is 1. The molecule has 1 heterocycles. The summed E-state index contributed by atoms with van der Waals surface area (Å²) in [5, 5.41) is 3.26. The predicted octanol–water partition coefficient (Wildman–Crippen LogP) is 3.13. The SMILES string of the molecule is CCNc1ccccc1C(=O)N1CCCCC1C. The molecule has 0 bridgehead atoms. The second-order valence-corrected chi connectivity index (χ2v) is 4.92. The molecule has 0 radical (unpaired) electrons. The number of nitrogens with zero attached hydrogens (tertiary/aromatic N) is 1. The van der Waals surface area contributed by atoms with Crippen molar-refractivity contribution in [2.75, 3.05) is 18.4 Å². The van der Waals surface area contributed by atoms with Crippen molar-refractivity contribution in [2.24, 2.45) is 0 Å². The zero-order valence-corrected chi connectivity index (χ0v) is 11.3. The summed E-state index contributed by atoms with van der Waals surface area (Å²) in [4.78, 5) is 14.6. The van der Waals surface area contributed by atoms with Gasteiger partial charge in [0, 0.05) is 24.8 Å². The van der Waals surface area contributed by atoms with Crippen molar-refractivity contribution < 1.29 is 4.79 Å². The molecular weight excluding hydrogens is 224 g/mol. The number of hydrogen-bond donors (Lipinski definition) is 1. The summed E-state index contributed by atoms with van der Waals surface area (Å²) in [5.74, 6) is 0.166. The highest BCUT2D eigenvalue weighted by Gasteiger charge is 2.25. The quantitative estimate of drug-likeness (QED) is 0.888. The third kappa shape index (κ3) is 2.66. The smallest absolute Gasteiger partial charge is 0.256 e. The number of anilines is 1. The highest BCUT2D eigenvalue weighted by atomic mass is 16.2. The van der Waals surface area contributed by atoms with Gasteiger partial charge in [-0.25, -0.2) is 0 Å². The highest BCUT2D eigenvalue weighted by Crippen LogP contribution is 2.23. The Morgan fingerprint density at radius 2 is 2.17 bits per heavy atom. The van der Waals surface area contributed by atoms with Crippen LogP contribution in [-0.2, 0) is 0 Å². The van der Waals surface area contributed by atoms with Crippen molar-refractivity contribution in [3.8, 4) is 0 Å². The van der Waals surface area contributed by atoms with Gasteiger partial charge in [-0.1, -0.05) is 12.1 Å². The summed E-state index contributed by atoms with van der Waals surface area (Å²) in [6.07, 6.45) is 3.48. The number of carbonyl (C=O) groups is 1. The van der Waals surface area contributed by atoms with Gasteiger partial charge in [-0.3, -0.25) is 4.79 Å². The summed E-state index contributed by atoms with van der Waals surface area (Å²) in [7, 11) is 0. The minimum absolute atomic E-state index is 0.166. The summed E-state index contributed by atoms with van der Waals surface area (Å²) in [5.41, 5.74) is 1.75. The van der Waals surface area contributed by atoms with Gasteiger partial charge < -0.3 is 10.2 Å². The molecule has 3 heteroatoms. The van der Waals surface area contributed by atoms with Crippen LogP contribution >= 0.6 is 0 Å². The fourth-order valence-electron chi connectivity index (χ4n) is 2.57. The van der Waals surface area contributed by atoms with E-state index in [2.05, 4.69) is 12.2 Å². The molecule has 18 heavy (non-hydrogen) atoms. The standard InChI is InChI=1S/C15H22N2O/c1-3-16-14-10-5-4-9-13(14)15(18)17-11-7-6-8-12(17)2/h4-5,9-10,12,16H,3,6-8,11H2,1-2H3. The number of nitrogens with one attached hydrogen (secondary N) is 1. The first-order valence-corrected chi connectivity index (χ1v) is 6.88. The number of carbonyl (C=O) groups excluding carboxylic acids is 1. The van der Waals surface area contributed by atoms with Crippen LogP contribution in [-0.4, -0.2) is 29.9 Å². The lowest BCUT2D eigenvalue weighted by molar-refractivity contribution is 0.0636. The molecular formula is C15H22N2O. The van der Waals surface area contributed by atoms with Gasteiger partial charge in [0.2, 0.25) is 0 Å². The van der Waals surface area contributed by atoms with Crippen molar-refractivity contribution in [1.82, 2.24) is 4.90 Å². The maximum absolute atomic E-state index is 12.6. The van der Waals surface area contributed by atoms with Crippen LogP contribution in [0.4, 0.5) is 5.69 Å². The second-order valence-electron chi connectivity index (χ2n) is 4.92. The second kappa shape index (κ2) is 5.89. The predicted molar refractivity (Wildman–Crippen MR) is 75.0 cm³/mol. The fraction of sp³-hybridized carbons (Fsp3) is 0.533. The van der Waals surface area contributed by atoms with Gasteiger partial charge in [0.1, 0.15) is 0 Å². The Labute approximate surface area is 109 Å². The molecule has 0 aromatic heterocycles. The molecule has 1 fully saturated rings. The Hall–Kier alpha value is -1.51. The van der Waals surface area contributed by atoms with E-state index in [0.29, 0.717) is 6.04 Å². The summed E-state index contributed by atoms with van der Waals surface area (Å²) < 4.78 is 0. The normalized spacial score (nSPS) is 19.7. The van der Waals surface area contributed by atoms with Crippen LogP contribution in [0.25, 0.3) is 0 Å². The highest BCUT2D eigenvalue weighted by molar-refractivity contribution is 5.99. The molecule has 1 aromatic carbocycles. The Balaban J connectivity index is 2.22. The van der Waals surface area contributed by atoms with Gasteiger partial charge in [-0.15, -0.1) is 0 Å². The molecule has 1 amide bonds. The van der Waals surface area contributed by atoms with E-state index >= 15 is 0 Å². The van der Waals surface area contributed by atoms with E-state index in [4.69, 9.17) is 0 Å². The van der Waals surface area contributed by atoms with Gasteiger partial charge in [0.15, 0.2) is 0 Å². The van der Waals surface area contributed by atoms with E-state index in [9.17, 15) is 4.79 Å². The number of para-hydroxylation sites is 1. The number of amides is 1. The minimum atomic E-state index is 0.166. The molecule has 1 atom stereocenters. The first-order valence-electron chi connectivity index (χ1n) is 6.88. The zero-order chi connectivity index (χ0) is 13.0. The third-order valence-electron chi connectivity index (χ3n) is 3.59. The Morgan fingerprint density at radius 3 is 2.89 bits per heavy atom. The molecule has 0 saturated carbocycles. The lowest BCUT2D eigenvalue weighted by atomic mass is 10.0. The summed E-state index contributed by atoms with van der Waals surface area (Å²) in [6.45, 7) is 5.91. The largest absolute Gasteiger partial charge is 0.385 e. The molecule has 1 saturated heterocycles. The number of benzene rings is 1. The maximum Gasteiger partial charge on any atom is 0.256 e. The van der Waals surface area contributed by atoms with E-state index in [0.717, 1.165) is 37.2 Å². The molecule has 1 aromatic rings. The van der Waals surface area contributed by atoms with Gasteiger partial charge in [-0.05, 0) is 45.2 Å². The van der Waals surface area contributed by atoms with Gasteiger partial charge in [0.05, 0.1) is 5.56 Å². The lowest BCUT2D eigenvalue weighted by Gasteiger charge is -2.34. The third-order valence-corrected chi connectivity index (χ3v) is 3.59. The number of rotatable bonds is 3. The van der Waals surface area contributed by atoms with Crippen LogP contribution in [0, 0.1) is 0 Å². The van der Waals surface area contributed by atoms with Gasteiger partial charge in [0.25, 0.3) is 5.91 Å². The molecule has 2 rings (SSSR count). The lowest BCUT2D eigenvalue weighted by Crippen LogP contribution is -2.42.